The topological polar surface area (TPSA) is 73.9 Å². The number of nitrogens with one attached hydrogen (secondary N) is 1. The number of allylic oxidation sites excluding steroid dienone is 3. The van der Waals surface area contributed by atoms with E-state index in [-0.39, 0.29) is 17.7 Å². The summed E-state index contributed by atoms with van der Waals surface area (Å²) >= 11 is 1.55. The van der Waals surface area contributed by atoms with Crippen molar-refractivity contribution in [3.63, 3.8) is 0 Å². The van der Waals surface area contributed by atoms with Crippen LogP contribution in [0.5, 0.6) is 11.5 Å². The molecule has 2 heterocycles. The highest BCUT2D eigenvalue weighted by Gasteiger charge is 2.41. The average molecular weight is 468 g/mol. The van der Waals surface area contributed by atoms with Gasteiger partial charge in [-0.05, 0) is 54.8 Å². The number of carbonyl (C=O) groups excluding carboxylic acids is 2. The lowest BCUT2D eigenvalue weighted by atomic mass is 9.73. The standard InChI is InChI=1S/C26H29NO5S/c1-5-10-32-26(29)23-15(2)27-18-12-17(16-8-9-20(30-3)21(14-16)31-4)13-19(28)24(18)25(23)22-7-6-11-33-22/h6-9,11,14,17,25,27H,5,10,12-13H2,1-4H3. The summed E-state index contributed by atoms with van der Waals surface area (Å²) < 4.78 is 16.3. The molecule has 6 nitrogen and oxygen atoms in total. The van der Waals surface area contributed by atoms with E-state index < -0.39 is 5.92 Å². The quantitative estimate of drug-likeness (QED) is 0.573. The van der Waals surface area contributed by atoms with Gasteiger partial charge in [-0.2, -0.15) is 0 Å². The van der Waals surface area contributed by atoms with Crippen LogP contribution in [0.3, 0.4) is 0 Å². The molecule has 0 amide bonds. The Labute approximate surface area is 198 Å². The van der Waals surface area contributed by atoms with Crippen LogP contribution in [0.15, 0.2) is 58.3 Å². The number of hydrogen-bond donors (Lipinski definition) is 1. The molecule has 174 valence electrons. The molecule has 0 spiro atoms. The van der Waals surface area contributed by atoms with Crippen LogP contribution in [0.25, 0.3) is 0 Å². The van der Waals surface area contributed by atoms with Crippen LogP contribution in [-0.4, -0.2) is 32.6 Å². The van der Waals surface area contributed by atoms with Crippen molar-refractivity contribution < 1.29 is 23.8 Å². The van der Waals surface area contributed by atoms with E-state index in [1.165, 1.54) is 0 Å². The minimum absolute atomic E-state index is 0.00827. The van der Waals surface area contributed by atoms with Crippen LogP contribution in [0.2, 0.25) is 0 Å². The van der Waals surface area contributed by atoms with E-state index in [2.05, 4.69) is 5.32 Å². The molecule has 1 aliphatic heterocycles. The number of Topliss-reactive ketones (excluding diaryl/α,β-unsaturated/α-hetero) is 1. The van der Waals surface area contributed by atoms with Crippen LogP contribution < -0.4 is 14.8 Å². The summed E-state index contributed by atoms with van der Waals surface area (Å²) in [6.45, 7) is 4.20. The van der Waals surface area contributed by atoms with Gasteiger partial charge in [-0.15, -0.1) is 11.3 Å². The van der Waals surface area contributed by atoms with Gasteiger partial charge in [0.1, 0.15) is 0 Å². The molecule has 2 atom stereocenters. The number of thiophene rings is 1. The molecule has 1 aromatic carbocycles. The van der Waals surface area contributed by atoms with Crippen LogP contribution in [0, 0.1) is 0 Å². The minimum atomic E-state index is -0.399. The number of ketones is 1. The number of carbonyl (C=O) groups is 2. The maximum atomic E-state index is 13.6. The van der Waals surface area contributed by atoms with E-state index in [0.717, 1.165) is 28.3 Å². The second-order valence-electron chi connectivity index (χ2n) is 8.28. The van der Waals surface area contributed by atoms with Gasteiger partial charge >= 0.3 is 5.97 Å². The summed E-state index contributed by atoms with van der Waals surface area (Å²) in [5.41, 5.74) is 3.87. The number of benzene rings is 1. The predicted octanol–water partition coefficient (Wildman–Crippen LogP) is 5.08. The highest BCUT2D eigenvalue weighted by Crippen LogP contribution is 2.47. The van der Waals surface area contributed by atoms with E-state index >= 15 is 0 Å². The van der Waals surface area contributed by atoms with Gasteiger partial charge in [0, 0.05) is 28.3 Å². The molecule has 4 rings (SSSR count). The third-order valence-electron chi connectivity index (χ3n) is 6.19. The fraction of sp³-hybridized carbons (Fsp3) is 0.385. The number of hydrogen-bond acceptors (Lipinski definition) is 7. The zero-order chi connectivity index (χ0) is 23.5. The van der Waals surface area contributed by atoms with E-state index in [4.69, 9.17) is 14.2 Å². The van der Waals surface area contributed by atoms with Crippen molar-refractivity contribution in [2.75, 3.05) is 20.8 Å². The summed E-state index contributed by atoms with van der Waals surface area (Å²) in [7, 11) is 3.21. The van der Waals surface area contributed by atoms with E-state index in [1.54, 1.807) is 25.6 Å². The molecule has 1 aromatic heterocycles. The summed E-state index contributed by atoms with van der Waals surface area (Å²) in [6, 6.07) is 9.74. The monoisotopic (exact) mass is 467 g/mol. The van der Waals surface area contributed by atoms with Crippen molar-refractivity contribution in [3.8, 4) is 11.5 Å². The van der Waals surface area contributed by atoms with Crippen molar-refractivity contribution in [2.24, 2.45) is 0 Å². The van der Waals surface area contributed by atoms with Crippen LogP contribution in [-0.2, 0) is 14.3 Å². The minimum Gasteiger partial charge on any atom is -0.493 e. The molecule has 0 saturated carbocycles. The van der Waals surface area contributed by atoms with Crippen molar-refractivity contribution in [2.45, 2.75) is 44.9 Å². The van der Waals surface area contributed by atoms with Gasteiger partial charge in [0.15, 0.2) is 17.3 Å². The highest BCUT2D eigenvalue weighted by molar-refractivity contribution is 7.10. The lowest BCUT2D eigenvalue weighted by molar-refractivity contribution is -0.139. The Kier molecular flexibility index (Phi) is 6.88. The van der Waals surface area contributed by atoms with Crippen molar-refractivity contribution in [1.29, 1.82) is 0 Å². The first-order valence-electron chi connectivity index (χ1n) is 11.1. The molecular formula is C26H29NO5S. The molecule has 2 unspecified atom stereocenters. The summed E-state index contributed by atoms with van der Waals surface area (Å²) in [4.78, 5) is 27.5. The Morgan fingerprint density at radius 2 is 1.94 bits per heavy atom. The summed E-state index contributed by atoms with van der Waals surface area (Å²) in [5, 5.41) is 5.36. The highest BCUT2D eigenvalue weighted by atomic mass is 32.1. The van der Waals surface area contributed by atoms with Gasteiger partial charge in [0.2, 0.25) is 0 Å². The lowest BCUT2D eigenvalue weighted by Crippen LogP contribution is -2.36. The molecule has 33 heavy (non-hydrogen) atoms. The molecule has 1 N–H and O–H groups in total. The zero-order valence-corrected chi connectivity index (χ0v) is 20.2. The molecule has 0 bridgehead atoms. The maximum Gasteiger partial charge on any atom is 0.336 e. The number of dihydropyridines is 1. The Balaban J connectivity index is 1.72. The van der Waals surface area contributed by atoms with Gasteiger partial charge in [0.25, 0.3) is 0 Å². The number of esters is 1. The smallest absolute Gasteiger partial charge is 0.336 e. The first-order chi connectivity index (χ1) is 16.0. The number of rotatable bonds is 7. The van der Waals surface area contributed by atoms with Crippen molar-refractivity contribution in [1.82, 2.24) is 5.32 Å². The first kappa shape index (κ1) is 23.1. The molecule has 7 heteroatoms. The normalized spacial score (nSPS) is 20.3. The van der Waals surface area contributed by atoms with E-state index in [0.29, 0.717) is 42.1 Å². The fourth-order valence-corrected chi connectivity index (χ4v) is 5.51. The van der Waals surface area contributed by atoms with Gasteiger partial charge in [0.05, 0.1) is 32.3 Å². The third kappa shape index (κ3) is 4.42. The van der Waals surface area contributed by atoms with Crippen LogP contribution in [0.1, 0.15) is 55.4 Å². The molecule has 0 saturated heterocycles. The molecule has 0 radical (unpaired) electrons. The molecule has 2 aliphatic rings. The van der Waals surface area contributed by atoms with Gasteiger partial charge in [-0.3, -0.25) is 4.79 Å². The third-order valence-corrected chi connectivity index (χ3v) is 7.13. The number of methoxy groups -OCH3 is 2. The first-order valence-corrected chi connectivity index (χ1v) is 12.0. The van der Waals surface area contributed by atoms with E-state index in [1.807, 2.05) is 49.6 Å². The van der Waals surface area contributed by atoms with Gasteiger partial charge in [-0.1, -0.05) is 19.1 Å². The van der Waals surface area contributed by atoms with Crippen molar-refractivity contribution in [3.05, 3.63) is 68.7 Å². The van der Waals surface area contributed by atoms with Crippen LogP contribution >= 0.6 is 11.3 Å². The number of ether oxygens (including phenoxy) is 3. The molecule has 1 aliphatic carbocycles. The lowest BCUT2D eigenvalue weighted by Gasteiger charge is -2.36. The maximum absolute atomic E-state index is 13.6. The van der Waals surface area contributed by atoms with E-state index in [9.17, 15) is 9.59 Å². The fourth-order valence-electron chi connectivity index (χ4n) is 4.66. The second kappa shape index (κ2) is 9.83. The van der Waals surface area contributed by atoms with Crippen molar-refractivity contribution >= 4 is 23.1 Å². The Bertz CT molecular complexity index is 1120. The molecule has 0 fully saturated rings. The second-order valence-corrected chi connectivity index (χ2v) is 9.26. The summed E-state index contributed by atoms with van der Waals surface area (Å²) in [6.07, 6.45) is 1.79. The van der Waals surface area contributed by atoms with Gasteiger partial charge < -0.3 is 19.5 Å². The Hall–Kier alpha value is -3.06. The zero-order valence-electron chi connectivity index (χ0n) is 19.4. The Morgan fingerprint density at radius 1 is 1.15 bits per heavy atom. The van der Waals surface area contributed by atoms with Gasteiger partial charge in [-0.25, -0.2) is 4.79 Å². The largest absolute Gasteiger partial charge is 0.493 e. The summed E-state index contributed by atoms with van der Waals surface area (Å²) in [5.74, 6) is 0.605. The predicted molar refractivity (Wildman–Crippen MR) is 128 cm³/mol. The SMILES string of the molecule is CCCOC(=O)C1=C(C)NC2=C(C(=O)CC(c3ccc(OC)c(OC)c3)C2)C1c1cccs1. The molecular weight excluding hydrogens is 438 g/mol. The Morgan fingerprint density at radius 3 is 2.61 bits per heavy atom. The molecule has 2 aromatic rings. The average Bonchev–Trinajstić information content (AvgIpc) is 3.35. The van der Waals surface area contributed by atoms with Crippen LogP contribution in [0.4, 0.5) is 0 Å².